The number of para-hydroxylation sites is 1. The van der Waals surface area contributed by atoms with Crippen molar-refractivity contribution in [3.8, 4) is 5.75 Å². The normalized spacial score (nSPS) is 12.4. The summed E-state index contributed by atoms with van der Waals surface area (Å²) in [6.07, 6.45) is 1.06. The molecule has 0 aliphatic rings. The minimum absolute atomic E-state index is 0.123. The van der Waals surface area contributed by atoms with Crippen LogP contribution >= 0.6 is 0 Å². The van der Waals surface area contributed by atoms with Crippen molar-refractivity contribution in [3.05, 3.63) is 65.7 Å². The van der Waals surface area contributed by atoms with Gasteiger partial charge in [-0.3, -0.25) is 4.90 Å². The van der Waals surface area contributed by atoms with Gasteiger partial charge in [0.25, 0.3) is 0 Å². The predicted molar refractivity (Wildman–Crippen MR) is 90.0 cm³/mol. The van der Waals surface area contributed by atoms with Crippen molar-refractivity contribution in [3.63, 3.8) is 0 Å². The molecule has 0 saturated heterocycles. The molecule has 2 aromatic carbocycles. The first kappa shape index (κ1) is 16.5. The second kappa shape index (κ2) is 8.57. The Hall–Kier alpha value is -1.84. The van der Waals surface area contributed by atoms with Crippen LogP contribution in [0.1, 0.15) is 18.1 Å². The summed E-state index contributed by atoms with van der Waals surface area (Å²) < 4.78 is 11.3. The van der Waals surface area contributed by atoms with Gasteiger partial charge in [-0.05, 0) is 37.6 Å². The van der Waals surface area contributed by atoms with Crippen molar-refractivity contribution in [2.45, 2.75) is 26.2 Å². The Morgan fingerprint density at radius 3 is 2.41 bits per heavy atom. The predicted octanol–water partition coefficient (Wildman–Crippen LogP) is 3.73. The van der Waals surface area contributed by atoms with Crippen molar-refractivity contribution in [1.29, 1.82) is 0 Å². The molecule has 2 aromatic rings. The SMILES string of the molecule is COC(C)N(C)CCc1ccccc1OCc1ccccc1. The summed E-state index contributed by atoms with van der Waals surface area (Å²) in [7, 11) is 3.81. The molecular weight excluding hydrogens is 274 g/mol. The van der Waals surface area contributed by atoms with E-state index in [2.05, 4.69) is 43.1 Å². The van der Waals surface area contributed by atoms with Crippen molar-refractivity contribution in [1.82, 2.24) is 4.90 Å². The number of benzene rings is 2. The highest BCUT2D eigenvalue weighted by molar-refractivity contribution is 5.33. The van der Waals surface area contributed by atoms with Crippen LogP contribution in [-0.2, 0) is 17.8 Å². The van der Waals surface area contributed by atoms with E-state index >= 15 is 0 Å². The quantitative estimate of drug-likeness (QED) is 0.693. The number of ether oxygens (including phenoxy) is 2. The highest BCUT2D eigenvalue weighted by Crippen LogP contribution is 2.20. The highest BCUT2D eigenvalue weighted by Gasteiger charge is 2.09. The standard InChI is InChI=1S/C19H25NO2/c1-16(21-3)20(2)14-13-18-11-7-8-12-19(18)22-15-17-9-5-4-6-10-17/h4-12,16H,13-15H2,1-3H3. The number of hydrogen-bond donors (Lipinski definition) is 0. The van der Waals surface area contributed by atoms with Crippen LogP contribution < -0.4 is 4.74 Å². The third-order valence-corrected chi connectivity index (χ3v) is 3.91. The Labute approximate surface area is 133 Å². The van der Waals surface area contributed by atoms with Crippen LogP contribution in [0.3, 0.4) is 0 Å². The van der Waals surface area contributed by atoms with Gasteiger partial charge in [0.2, 0.25) is 0 Å². The van der Waals surface area contributed by atoms with Gasteiger partial charge in [0.15, 0.2) is 0 Å². The van der Waals surface area contributed by atoms with Gasteiger partial charge in [-0.25, -0.2) is 0 Å². The third kappa shape index (κ3) is 4.86. The lowest BCUT2D eigenvalue weighted by atomic mass is 10.1. The topological polar surface area (TPSA) is 21.7 Å². The average molecular weight is 299 g/mol. The molecule has 0 saturated carbocycles. The van der Waals surface area contributed by atoms with E-state index in [9.17, 15) is 0 Å². The van der Waals surface area contributed by atoms with E-state index in [1.807, 2.05) is 30.3 Å². The molecule has 0 aliphatic heterocycles. The Morgan fingerprint density at radius 2 is 1.68 bits per heavy atom. The zero-order valence-electron chi connectivity index (χ0n) is 13.7. The summed E-state index contributed by atoms with van der Waals surface area (Å²) in [4.78, 5) is 2.19. The lowest BCUT2D eigenvalue weighted by Gasteiger charge is -2.23. The highest BCUT2D eigenvalue weighted by atomic mass is 16.5. The summed E-state index contributed by atoms with van der Waals surface area (Å²) in [5, 5.41) is 0. The van der Waals surface area contributed by atoms with E-state index in [0.717, 1.165) is 18.7 Å². The van der Waals surface area contributed by atoms with E-state index in [0.29, 0.717) is 6.61 Å². The summed E-state index contributed by atoms with van der Waals surface area (Å²) >= 11 is 0. The van der Waals surface area contributed by atoms with E-state index in [1.54, 1.807) is 7.11 Å². The molecule has 118 valence electrons. The molecule has 0 aromatic heterocycles. The molecule has 1 atom stereocenters. The number of hydrogen-bond acceptors (Lipinski definition) is 3. The molecule has 0 heterocycles. The Kier molecular flexibility index (Phi) is 6.44. The van der Waals surface area contributed by atoms with Crippen LogP contribution in [0.25, 0.3) is 0 Å². The molecule has 2 rings (SSSR count). The number of methoxy groups -OCH3 is 1. The third-order valence-electron chi connectivity index (χ3n) is 3.91. The van der Waals surface area contributed by atoms with Crippen LogP contribution in [0, 0.1) is 0 Å². The monoisotopic (exact) mass is 299 g/mol. The van der Waals surface area contributed by atoms with Gasteiger partial charge in [0, 0.05) is 13.7 Å². The minimum Gasteiger partial charge on any atom is -0.489 e. The molecule has 0 radical (unpaired) electrons. The molecule has 0 bridgehead atoms. The van der Waals surface area contributed by atoms with Crippen LogP contribution in [0.5, 0.6) is 5.75 Å². The fraction of sp³-hybridized carbons (Fsp3) is 0.368. The fourth-order valence-corrected chi connectivity index (χ4v) is 2.25. The Morgan fingerprint density at radius 1 is 1.00 bits per heavy atom. The van der Waals surface area contributed by atoms with Crippen molar-refractivity contribution < 1.29 is 9.47 Å². The van der Waals surface area contributed by atoms with Gasteiger partial charge in [-0.15, -0.1) is 0 Å². The largest absolute Gasteiger partial charge is 0.489 e. The second-order valence-corrected chi connectivity index (χ2v) is 5.45. The summed E-state index contributed by atoms with van der Waals surface area (Å²) in [5.74, 6) is 0.963. The summed E-state index contributed by atoms with van der Waals surface area (Å²) in [5.41, 5.74) is 2.41. The van der Waals surface area contributed by atoms with Gasteiger partial charge < -0.3 is 9.47 Å². The average Bonchev–Trinajstić information content (AvgIpc) is 2.58. The van der Waals surface area contributed by atoms with Crippen molar-refractivity contribution in [2.24, 2.45) is 0 Å². The maximum atomic E-state index is 5.99. The number of likely N-dealkylation sites (N-methyl/N-ethyl adjacent to an activating group) is 1. The van der Waals surface area contributed by atoms with Gasteiger partial charge in [-0.1, -0.05) is 48.5 Å². The van der Waals surface area contributed by atoms with E-state index in [1.165, 1.54) is 11.1 Å². The smallest absolute Gasteiger partial charge is 0.123 e. The lowest BCUT2D eigenvalue weighted by molar-refractivity contribution is -0.00268. The molecule has 0 N–H and O–H groups in total. The van der Waals surface area contributed by atoms with E-state index in [4.69, 9.17) is 9.47 Å². The maximum Gasteiger partial charge on any atom is 0.123 e. The molecule has 22 heavy (non-hydrogen) atoms. The van der Waals surface area contributed by atoms with E-state index in [-0.39, 0.29) is 6.23 Å². The van der Waals surface area contributed by atoms with Crippen molar-refractivity contribution >= 4 is 0 Å². The molecule has 0 aliphatic carbocycles. The Bertz CT molecular complexity index is 556. The lowest BCUT2D eigenvalue weighted by Crippen LogP contribution is -2.32. The zero-order valence-corrected chi connectivity index (χ0v) is 13.7. The van der Waals surface area contributed by atoms with Crippen LogP contribution in [0.4, 0.5) is 0 Å². The minimum atomic E-state index is 0.123. The first-order chi connectivity index (χ1) is 10.7. The van der Waals surface area contributed by atoms with Gasteiger partial charge >= 0.3 is 0 Å². The summed E-state index contributed by atoms with van der Waals surface area (Å²) in [6, 6.07) is 18.5. The Balaban J connectivity index is 1.95. The fourth-order valence-electron chi connectivity index (χ4n) is 2.25. The number of nitrogens with zero attached hydrogens (tertiary/aromatic N) is 1. The second-order valence-electron chi connectivity index (χ2n) is 5.45. The number of rotatable bonds is 8. The van der Waals surface area contributed by atoms with Gasteiger partial charge in [-0.2, -0.15) is 0 Å². The molecular formula is C19H25NO2. The molecule has 3 heteroatoms. The van der Waals surface area contributed by atoms with Crippen molar-refractivity contribution in [2.75, 3.05) is 20.7 Å². The molecule has 0 fully saturated rings. The first-order valence-electron chi connectivity index (χ1n) is 7.68. The maximum absolute atomic E-state index is 5.99. The molecule has 1 unspecified atom stereocenters. The van der Waals surface area contributed by atoms with E-state index < -0.39 is 0 Å². The molecule has 0 amide bonds. The van der Waals surface area contributed by atoms with Gasteiger partial charge in [0.05, 0.1) is 0 Å². The zero-order chi connectivity index (χ0) is 15.8. The first-order valence-corrected chi connectivity index (χ1v) is 7.68. The van der Waals surface area contributed by atoms with Crippen LogP contribution in [0.2, 0.25) is 0 Å². The molecule has 0 spiro atoms. The van der Waals surface area contributed by atoms with Gasteiger partial charge in [0.1, 0.15) is 18.6 Å². The van der Waals surface area contributed by atoms with Crippen LogP contribution in [0.15, 0.2) is 54.6 Å². The summed E-state index contributed by atoms with van der Waals surface area (Å²) in [6.45, 7) is 3.58. The molecule has 3 nitrogen and oxygen atoms in total. The van der Waals surface area contributed by atoms with Crippen LogP contribution in [-0.4, -0.2) is 31.8 Å².